The van der Waals surface area contributed by atoms with Crippen LogP contribution in [-0.2, 0) is 0 Å². The molecule has 4 nitrogen and oxygen atoms in total. The van der Waals surface area contributed by atoms with Crippen LogP contribution in [0.4, 0.5) is 5.82 Å². The third kappa shape index (κ3) is 4.09. The van der Waals surface area contributed by atoms with E-state index in [0.29, 0.717) is 6.10 Å². The van der Waals surface area contributed by atoms with Crippen LogP contribution in [0.2, 0.25) is 0 Å². The minimum absolute atomic E-state index is 0.324. The summed E-state index contributed by atoms with van der Waals surface area (Å²) in [5, 5.41) is 3.36. The Bertz CT molecular complexity index is 426. The first-order chi connectivity index (χ1) is 9.70. The van der Waals surface area contributed by atoms with Crippen molar-refractivity contribution in [2.24, 2.45) is 0 Å². The molecule has 0 aliphatic heterocycles. The summed E-state index contributed by atoms with van der Waals surface area (Å²) in [5.41, 5.74) is 1.04. The van der Waals surface area contributed by atoms with Crippen molar-refractivity contribution in [2.75, 3.05) is 11.9 Å². The quantitative estimate of drug-likeness (QED) is 0.826. The van der Waals surface area contributed by atoms with Crippen LogP contribution in [0.15, 0.2) is 0 Å². The molecule has 1 aromatic rings. The van der Waals surface area contributed by atoms with E-state index in [1.807, 2.05) is 13.8 Å². The topological polar surface area (TPSA) is 47.0 Å². The van der Waals surface area contributed by atoms with Crippen molar-refractivity contribution in [1.29, 1.82) is 0 Å². The maximum atomic E-state index is 6.18. The smallest absolute Gasteiger partial charge is 0.222 e. The van der Waals surface area contributed by atoms with Crippen LogP contribution in [0.3, 0.4) is 0 Å². The van der Waals surface area contributed by atoms with Crippen LogP contribution >= 0.6 is 0 Å². The molecular formula is C16H27N3O. The molecule has 1 heterocycles. The molecule has 0 radical (unpaired) electrons. The molecule has 2 rings (SSSR count). The molecule has 1 fully saturated rings. The molecule has 4 heteroatoms. The van der Waals surface area contributed by atoms with Gasteiger partial charge in [-0.2, -0.15) is 4.98 Å². The number of nitrogens with one attached hydrogen (secondary N) is 1. The van der Waals surface area contributed by atoms with Gasteiger partial charge in [0.2, 0.25) is 5.88 Å². The summed E-state index contributed by atoms with van der Waals surface area (Å²) in [6.45, 7) is 7.06. The number of hydrogen-bond acceptors (Lipinski definition) is 4. The fraction of sp³-hybridized carbons (Fsp3) is 0.750. The van der Waals surface area contributed by atoms with Crippen LogP contribution in [0.25, 0.3) is 0 Å². The van der Waals surface area contributed by atoms with Gasteiger partial charge < -0.3 is 10.1 Å². The lowest BCUT2D eigenvalue weighted by Gasteiger charge is -2.19. The van der Waals surface area contributed by atoms with E-state index in [1.54, 1.807) is 0 Å². The third-order valence-electron chi connectivity index (χ3n) is 3.84. The zero-order valence-corrected chi connectivity index (χ0v) is 13.0. The Morgan fingerprint density at radius 1 is 1.10 bits per heavy atom. The summed E-state index contributed by atoms with van der Waals surface area (Å²) in [6, 6.07) is 0. The highest BCUT2D eigenvalue weighted by Crippen LogP contribution is 2.26. The first-order valence-corrected chi connectivity index (χ1v) is 7.96. The van der Waals surface area contributed by atoms with Crippen LogP contribution in [0.5, 0.6) is 5.88 Å². The molecule has 1 aliphatic rings. The number of ether oxygens (including phenoxy) is 1. The number of anilines is 1. The lowest BCUT2D eigenvalue weighted by Crippen LogP contribution is -2.18. The molecular weight excluding hydrogens is 250 g/mol. The molecule has 0 atom stereocenters. The first kappa shape index (κ1) is 15.1. The van der Waals surface area contributed by atoms with E-state index in [-0.39, 0.29) is 0 Å². The van der Waals surface area contributed by atoms with Crippen molar-refractivity contribution >= 4 is 5.82 Å². The number of aromatic nitrogens is 2. The molecule has 0 bridgehead atoms. The van der Waals surface area contributed by atoms with Crippen molar-refractivity contribution < 1.29 is 4.74 Å². The Balaban J connectivity index is 2.11. The van der Waals surface area contributed by atoms with Crippen LogP contribution in [0.1, 0.15) is 63.3 Å². The van der Waals surface area contributed by atoms with E-state index in [0.717, 1.165) is 48.9 Å². The monoisotopic (exact) mass is 277 g/mol. The summed E-state index contributed by atoms with van der Waals surface area (Å²) >= 11 is 0. The van der Waals surface area contributed by atoms with Gasteiger partial charge in [-0.1, -0.05) is 19.8 Å². The van der Waals surface area contributed by atoms with Gasteiger partial charge in [-0.05, 0) is 46.0 Å². The molecule has 20 heavy (non-hydrogen) atoms. The van der Waals surface area contributed by atoms with Crippen molar-refractivity contribution in [3.63, 3.8) is 0 Å². The average Bonchev–Trinajstić information content (AvgIpc) is 2.69. The van der Waals surface area contributed by atoms with Crippen molar-refractivity contribution in [1.82, 2.24) is 9.97 Å². The molecule has 0 spiro atoms. The average molecular weight is 277 g/mol. The van der Waals surface area contributed by atoms with E-state index >= 15 is 0 Å². The van der Waals surface area contributed by atoms with Gasteiger partial charge in [0.1, 0.15) is 17.7 Å². The number of hydrogen-bond donors (Lipinski definition) is 1. The number of nitrogens with zero attached hydrogens (tertiary/aromatic N) is 2. The van der Waals surface area contributed by atoms with Crippen molar-refractivity contribution in [3.8, 4) is 5.88 Å². The van der Waals surface area contributed by atoms with E-state index in [1.165, 1.54) is 25.7 Å². The van der Waals surface area contributed by atoms with Crippen molar-refractivity contribution in [3.05, 3.63) is 11.4 Å². The predicted octanol–water partition coefficient (Wildman–Crippen LogP) is 4.02. The molecule has 0 aromatic carbocycles. The van der Waals surface area contributed by atoms with Gasteiger partial charge in [0.15, 0.2) is 0 Å². The second kappa shape index (κ2) is 7.46. The zero-order valence-electron chi connectivity index (χ0n) is 13.0. The summed E-state index contributed by atoms with van der Waals surface area (Å²) in [4.78, 5) is 8.97. The van der Waals surface area contributed by atoms with E-state index in [4.69, 9.17) is 4.74 Å². The maximum Gasteiger partial charge on any atom is 0.222 e. The Hall–Kier alpha value is -1.32. The second-order valence-corrected chi connectivity index (χ2v) is 5.71. The highest BCUT2D eigenvalue weighted by Gasteiger charge is 2.17. The normalized spacial score (nSPS) is 16.8. The Morgan fingerprint density at radius 2 is 1.80 bits per heavy atom. The summed E-state index contributed by atoms with van der Waals surface area (Å²) in [6.07, 6.45) is 8.94. The Morgan fingerprint density at radius 3 is 2.45 bits per heavy atom. The molecule has 0 unspecified atom stereocenters. The number of aryl methyl sites for hydroxylation is 1. The lowest BCUT2D eigenvalue weighted by molar-refractivity contribution is 0.174. The fourth-order valence-electron chi connectivity index (χ4n) is 2.65. The summed E-state index contributed by atoms with van der Waals surface area (Å²) in [7, 11) is 0. The summed E-state index contributed by atoms with van der Waals surface area (Å²) < 4.78 is 6.18. The molecule has 1 aromatic heterocycles. The molecule has 1 aliphatic carbocycles. The van der Waals surface area contributed by atoms with Gasteiger partial charge >= 0.3 is 0 Å². The van der Waals surface area contributed by atoms with Crippen LogP contribution < -0.4 is 10.1 Å². The second-order valence-electron chi connectivity index (χ2n) is 5.71. The molecule has 0 amide bonds. The van der Waals surface area contributed by atoms with Crippen LogP contribution in [-0.4, -0.2) is 22.6 Å². The van der Waals surface area contributed by atoms with E-state index in [2.05, 4.69) is 22.2 Å². The fourth-order valence-corrected chi connectivity index (χ4v) is 2.65. The predicted molar refractivity (Wildman–Crippen MR) is 82.4 cm³/mol. The molecule has 1 N–H and O–H groups in total. The molecule has 112 valence electrons. The third-order valence-corrected chi connectivity index (χ3v) is 3.84. The first-order valence-electron chi connectivity index (χ1n) is 7.96. The van der Waals surface area contributed by atoms with E-state index < -0.39 is 0 Å². The standard InChI is InChI=1S/C16H27N3O/c1-4-11-17-15-12(2)16(19-13(3)18-15)20-14-9-7-5-6-8-10-14/h14H,4-11H2,1-3H3,(H,17,18,19). The minimum atomic E-state index is 0.324. The Kier molecular flexibility index (Phi) is 5.62. The largest absolute Gasteiger partial charge is 0.474 e. The molecule has 1 saturated carbocycles. The molecule has 0 saturated heterocycles. The van der Waals surface area contributed by atoms with Gasteiger partial charge in [0, 0.05) is 6.54 Å². The maximum absolute atomic E-state index is 6.18. The number of rotatable bonds is 5. The van der Waals surface area contributed by atoms with E-state index in [9.17, 15) is 0 Å². The van der Waals surface area contributed by atoms with Gasteiger partial charge in [0.05, 0.1) is 5.56 Å². The van der Waals surface area contributed by atoms with Crippen LogP contribution in [0, 0.1) is 13.8 Å². The zero-order chi connectivity index (χ0) is 14.4. The van der Waals surface area contributed by atoms with Gasteiger partial charge in [-0.25, -0.2) is 4.98 Å². The SMILES string of the molecule is CCCNc1nc(C)nc(OC2CCCCCC2)c1C. The van der Waals surface area contributed by atoms with Crippen molar-refractivity contribution in [2.45, 2.75) is 71.8 Å². The minimum Gasteiger partial charge on any atom is -0.474 e. The van der Waals surface area contributed by atoms with Gasteiger partial charge in [-0.15, -0.1) is 0 Å². The summed E-state index contributed by atoms with van der Waals surface area (Å²) in [5.74, 6) is 2.46. The lowest BCUT2D eigenvalue weighted by atomic mass is 10.1. The highest BCUT2D eigenvalue weighted by molar-refractivity contribution is 5.48. The van der Waals surface area contributed by atoms with Gasteiger partial charge in [0.25, 0.3) is 0 Å². The van der Waals surface area contributed by atoms with Gasteiger partial charge in [-0.3, -0.25) is 0 Å². The highest BCUT2D eigenvalue weighted by atomic mass is 16.5. The Labute approximate surface area is 122 Å².